The molecule has 0 spiro atoms. The standard InChI is InChI=1S/C27H31F5N2O4S/c1-17-3-8-22(9-4-17)39(37)34-21(16-33-24(35)18-11-13-38-14-12-18)7-5-19-15-20(6-10-23(19)34)26(36,25(2,28)29)27(30,31)32/h3-4,6,8-10,15,18,21,36H,5,7,11-14,16H2,1-2H3,(H,33,35)/t21-,26?,39?/m0/s1. The van der Waals surface area contributed by atoms with Gasteiger partial charge in [-0.15, -0.1) is 0 Å². The van der Waals surface area contributed by atoms with Gasteiger partial charge in [-0.25, -0.2) is 13.0 Å². The van der Waals surface area contributed by atoms with E-state index < -0.39 is 40.3 Å². The number of aryl methyl sites for hydroxylation is 2. The van der Waals surface area contributed by atoms with E-state index in [1.807, 2.05) is 6.92 Å². The molecule has 2 unspecified atom stereocenters. The first-order valence-corrected chi connectivity index (χ1v) is 13.8. The summed E-state index contributed by atoms with van der Waals surface area (Å²) in [6.45, 7) is 3.00. The fraction of sp³-hybridized carbons (Fsp3) is 0.519. The number of benzene rings is 2. The van der Waals surface area contributed by atoms with Crippen LogP contribution in [-0.4, -0.2) is 53.1 Å². The average Bonchev–Trinajstić information content (AvgIpc) is 2.89. The van der Waals surface area contributed by atoms with Crippen LogP contribution < -0.4 is 9.62 Å². The zero-order valence-corrected chi connectivity index (χ0v) is 22.4. The van der Waals surface area contributed by atoms with Crippen LogP contribution >= 0.6 is 0 Å². The Hall–Kier alpha value is -2.57. The summed E-state index contributed by atoms with van der Waals surface area (Å²) in [6.07, 6.45) is -4.01. The molecule has 2 aromatic rings. The molecule has 3 atom stereocenters. The predicted molar refractivity (Wildman–Crippen MR) is 136 cm³/mol. The molecular formula is C27H31F5N2O4S. The lowest BCUT2D eigenvalue weighted by atomic mass is 9.84. The van der Waals surface area contributed by atoms with Gasteiger partial charge in [0, 0.05) is 32.6 Å². The van der Waals surface area contributed by atoms with Crippen LogP contribution in [0.15, 0.2) is 47.4 Å². The number of anilines is 1. The molecule has 1 saturated heterocycles. The normalized spacial score (nSPS) is 21.1. The molecule has 1 fully saturated rings. The van der Waals surface area contributed by atoms with Crippen molar-refractivity contribution in [3.8, 4) is 0 Å². The molecule has 2 heterocycles. The third-order valence-electron chi connectivity index (χ3n) is 7.36. The van der Waals surface area contributed by atoms with E-state index in [1.165, 1.54) is 10.4 Å². The number of carbonyl (C=O) groups excluding carboxylic acids is 1. The van der Waals surface area contributed by atoms with Crippen LogP contribution in [0.4, 0.5) is 27.6 Å². The van der Waals surface area contributed by atoms with Crippen molar-refractivity contribution in [3.05, 3.63) is 59.2 Å². The van der Waals surface area contributed by atoms with Gasteiger partial charge in [0.2, 0.25) is 11.5 Å². The van der Waals surface area contributed by atoms with E-state index in [1.54, 1.807) is 24.3 Å². The molecule has 0 aliphatic carbocycles. The monoisotopic (exact) mass is 574 g/mol. The first kappa shape index (κ1) is 29.4. The van der Waals surface area contributed by atoms with E-state index in [2.05, 4.69) is 5.32 Å². The van der Waals surface area contributed by atoms with Crippen molar-refractivity contribution in [2.45, 2.75) is 68.2 Å². The molecule has 1 amide bonds. The summed E-state index contributed by atoms with van der Waals surface area (Å²) >= 11 is 0. The quantitative estimate of drug-likeness (QED) is 0.467. The number of amides is 1. The van der Waals surface area contributed by atoms with Gasteiger partial charge in [-0.2, -0.15) is 13.2 Å². The van der Waals surface area contributed by atoms with E-state index >= 15 is 0 Å². The molecule has 2 N–H and O–H groups in total. The van der Waals surface area contributed by atoms with E-state index in [4.69, 9.17) is 4.74 Å². The topological polar surface area (TPSA) is 78.9 Å². The molecule has 0 saturated carbocycles. The first-order chi connectivity index (χ1) is 18.2. The van der Waals surface area contributed by atoms with Gasteiger partial charge < -0.3 is 15.2 Å². The van der Waals surface area contributed by atoms with Gasteiger partial charge >= 0.3 is 6.18 Å². The fourth-order valence-corrected chi connectivity index (χ4v) is 6.43. The number of aliphatic hydroxyl groups is 1. The molecule has 2 aromatic carbocycles. The molecule has 0 aromatic heterocycles. The second-order valence-electron chi connectivity index (χ2n) is 10.2. The maximum absolute atomic E-state index is 14.2. The molecule has 12 heteroatoms. The molecule has 0 radical (unpaired) electrons. The van der Waals surface area contributed by atoms with Gasteiger partial charge in [0.1, 0.15) is 0 Å². The Balaban J connectivity index is 1.69. The molecule has 4 rings (SSSR count). The molecule has 2 aliphatic heterocycles. The van der Waals surface area contributed by atoms with Crippen LogP contribution in [0, 0.1) is 12.8 Å². The second kappa shape index (κ2) is 11.1. The maximum Gasteiger partial charge on any atom is 0.427 e. The minimum Gasteiger partial charge on any atom is -0.381 e. The maximum atomic E-state index is 14.2. The predicted octanol–water partition coefficient (Wildman–Crippen LogP) is 4.79. The Labute approximate surface area is 226 Å². The number of hydrogen-bond donors (Lipinski definition) is 2. The Kier molecular flexibility index (Phi) is 8.39. The fourth-order valence-electron chi connectivity index (χ4n) is 5.03. The number of ether oxygens (including phenoxy) is 1. The SMILES string of the molecule is Cc1ccc(S(=O)N2c3ccc(C(O)(C(C)(F)F)C(F)(F)F)cc3CC[C@H]2CNC(=O)C2CCOCC2)cc1. The van der Waals surface area contributed by atoms with Crippen molar-refractivity contribution < 1.29 is 40.8 Å². The van der Waals surface area contributed by atoms with Gasteiger partial charge in [-0.3, -0.25) is 9.10 Å². The molecule has 6 nitrogen and oxygen atoms in total. The average molecular weight is 575 g/mol. The number of rotatable bonds is 7. The van der Waals surface area contributed by atoms with Crippen LogP contribution in [0.3, 0.4) is 0 Å². The van der Waals surface area contributed by atoms with Crippen LogP contribution in [0.2, 0.25) is 0 Å². The van der Waals surface area contributed by atoms with E-state index in [0.717, 1.165) is 17.7 Å². The van der Waals surface area contributed by atoms with Gasteiger partial charge in [-0.1, -0.05) is 29.8 Å². The van der Waals surface area contributed by atoms with Crippen molar-refractivity contribution in [2.24, 2.45) is 5.92 Å². The summed E-state index contributed by atoms with van der Waals surface area (Å²) in [4.78, 5) is 13.2. The summed E-state index contributed by atoms with van der Waals surface area (Å²) in [5, 5.41) is 13.2. The number of nitrogens with one attached hydrogen (secondary N) is 1. The van der Waals surface area contributed by atoms with Gasteiger partial charge in [0.15, 0.2) is 11.0 Å². The smallest absolute Gasteiger partial charge is 0.381 e. The van der Waals surface area contributed by atoms with Gasteiger partial charge in [0.05, 0.1) is 16.6 Å². The minimum absolute atomic E-state index is 0.0237. The summed E-state index contributed by atoms with van der Waals surface area (Å²) in [6, 6.07) is 9.31. The number of alkyl halides is 5. The van der Waals surface area contributed by atoms with Crippen LogP contribution in [0.5, 0.6) is 0 Å². The number of carbonyl (C=O) groups is 1. The van der Waals surface area contributed by atoms with Gasteiger partial charge in [-0.05, 0) is 61.9 Å². The Morgan fingerprint density at radius 1 is 1.08 bits per heavy atom. The highest BCUT2D eigenvalue weighted by Gasteiger charge is 2.67. The number of hydrogen-bond acceptors (Lipinski definition) is 4. The van der Waals surface area contributed by atoms with E-state index in [0.29, 0.717) is 31.0 Å². The highest BCUT2D eigenvalue weighted by atomic mass is 32.2. The molecular weight excluding hydrogens is 543 g/mol. The highest BCUT2D eigenvalue weighted by Crippen LogP contribution is 2.50. The van der Waals surface area contributed by atoms with Crippen molar-refractivity contribution in [1.82, 2.24) is 5.32 Å². The van der Waals surface area contributed by atoms with Crippen LogP contribution in [0.25, 0.3) is 0 Å². The molecule has 0 bridgehead atoms. The van der Waals surface area contributed by atoms with Crippen LogP contribution in [-0.2, 0) is 32.5 Å². The number of fused-ring (bicyclic) bond motifs is 1. The largest absolute Gasteiger partial charge is 0.427 e. The third kappa shape index (κ3) is 5.83. The lowest BCUT2D eigenvalue weighted by molar-refractivity contribution is -0.335. The van der Waals surface area contributed by atoms with Crippen molar-refractivity contribution in [2.75, 3.05) is 24.1 Å². The van der Waals surface area contributed by atoms with Crippen molar-refractivity contribution in [1.29, 1.82) is 0 Å². The zero-order chi connectivity index (χ0) is 28.6. The summed E-state index contributed by atoms with van der Waals surface area (Å²) in [5.74, 6) is -4.87. The summed E-state index contributed by atoms with van der Waals surface area (Å²) in [7, 11) is -1.82. The highest BCUT2D eigenvalue weighted by molar-refractivity contribution is 7.86. The molecule has 2 aliphatic rings. The molecule has 214 valence electrons. The number of nitrogens with zero attached hydrogens (tertiary/aromatic N) is 1. The lowest BCUT2D eigenvalue weighted by Crippen LogP contribution is -2.54. The summed E-state index contributed by atoms with van der Waals surface area (Å²) < 4.78 is 90.1. The second-order valence-corrected chi connectivity index (χ2v) is 11.5. The van der Waals surface area contributed by atoms with E-state index in [-0.39, 0.29) is 49.4 Å². The third-order valence-corrected chi connectivity index (χ3v) is 8.89. The number of halogens is 5. The van der Waals surface area contributed by atoms with Gasteiger partial charge in [0.25, 0.3) is 5.92 Å². The van der Waals surface area contributed by atoms with Crippen molar-refractivity contribution >= 4 is 22.6 Å². The summed E-state index contributed by atoms with van der Waals surface area (Å²) in [5.41, 5.74) is -3.92. The Morgan fingerprint density at radius 3 is 2.31 bits per heavy atom. The molecule has 39 heavy (non-hydrogen) atoms. The first-order valence-electron chi connectivity index (χ1n) is 12.7. The lowest BCUT2D eigenvalue weighted by Gasteiger charge is -2.40. The Morgan fingerprint density at radius 2 is 1.72 bits per heavy atom. The Bertz CT molecular complexity index is 1200. The van der Waals surface area contributed by atoms with Crippen molar-refractivity contribution in [3.63, 3.8) is 0 Å². The van der Waals surface area contributed by atoms with Crippen LogP contribution in [0.1, 0.15) is 42.9 Å². The minimum atomic E-state index is -5.64. The zero-order valence-electron chi connectivity index (χ0n) is 21.6. The van der Waals surface area contributed by atoms with E-state index in [9.17, 15) is 36.1 Å².